The lowest BCUT2D eigenvalue weighted by Gasteiger charge is -2.19. The van der Waals surface area contributed by atoms with Crippen LogP contribution in [0.25, 0.3) is 0 Å². The predicted molar refractivity (Wildman–Crippen MR) is 124 cm³/mol. The van der Waals surface area contributed by atoms with E-state index >= 15 is 0 Å². The van der Waals surface area contributed by atoms with Crippen molar-refractivity contribution in [1.29, 1.82) is 0 Å². The molecule has 0 saturated carbocycles. The minimum Gasteiger partial charge on any atom is -0.508 e. The topological polar surface area (TPSA) is 134 Å². The van der Waals surface area contributed by atoms with Gasteiger partial charge in [-0.15, -0.1) is 0 Å². The highest BCUT2D eigenvalue weighted by Crippen LogP contribution is 2.39. The third-order valence-electron chi connectivity index (χ3n) is 5.79. The van der Waals surface area contributed by atoms with Gasteiger partial charge in [0.05, 0.1) is 0 Å². The second-order valence-electron chi connectivity index (χ2n) is 8.27. The van der Waals surface area contributed by atoms with Crippen molar-refractivity contribution in [1.82, 2.24) is 0 Å². The molecule has 0 aromatic heterocycles. The quantitative estimate of drug-likeness (QED) is 0.318. The Morgan fingerprint density at radius 2 is 1.26 bits per heavy atom. The van der Waals surface area contributed by atoms with Gasteiger partial charge in [0, 0.05) is 17.2 Å². The summed E-state index contributed by atoms with van der Waals surface area (Å²) < 4.78 is 11.0. The molecule has 3 aromatic carbocycles. The van der Waals surface area contributed by atoms with Crippen molar-refractivity contribution in [3.05, 3.63) is 68.8 Å². The number of hydrogen-bond donors (Lipinski definition) is 4. The third kappa shape index (κ3) is 4.34. The first-order valence-electron chi connectivity index (χ1n) is 10.4. The number of benzene rings is 3. The SMILES string of the molecule is Cc1cc(O)c(C)c(OC(=O)c2c(C)c(C)c(OC(=O)c3c(C)cc(O)cc3O)c(C)c2O)c1. The lowest BCUT2D eigenvalue weighted by molar-refractivity contribution is 0.0725. The molecular formula is C26H26O8. The minimum absolute atomic E-state index is 0.0221. The van der Waals surface area contributed by atoms with E-state index in [1.165, 1.54) is 19.9 Å². The number of ether oxygens (including phenoxy) is 2. The molecule has 0 heterocycles. The number of phenols is 4. The summed E-state index contributed by atoms with van der Waals surface area (Å²) in [6, 6.07) is 5.47. The van der Waals surface area contributed by atoms with E-state index in [4.69, 9.17) is 9.47 Å². The molecule has 3 rings (SSSR count). The number of carbonyl (C=O) groups is 2. The Hall–Kier alpha value is -4.20. The van der Waals surface area contributed by atoms with Crippen molar-refractivity contribution in [2.75, 3.05) is 0 Å². The van der Waals surface area contributed by atoms with Crippen molar-refractivity contribution in [3.63, 3.8) is 0 Å². The van der Waals surface area contributed by atoms with Crippen molar-refractivity contribution in [2.45, 2.75) is 41.5 Å². The van der Waals surface area contributed by atoms with Crippen LogP contribution in [0.3, 0.4) is 0 Å². The van der Waals surface area contributed by atoms with E-state index in [0.29, 0.717) is 27.8 Å². The van der Waals surface area contributed by atoms with Gasteiger partial charge in [-0.2, -0.15) is 0 Å². The van der Waals surface area contributed by atoms with Crippen LogP contribution in [0.1, 0.15) is 54.1 Å². The second kappa shape index (κ2) is 8.97. The Labute approximate surface area is 196 Å². The summed E-state index contributed by atoms with van der Waals surface area (Å²) in [6.07, 6.45) is 0. The van der Waals surface area contributed by atoms with Crippen LogP contribution < -0.4 is 9.47 Å². The number of rotatable bonds is 4. The summed E-state index contributed by atoms with van der Waals surface area (Å²) in [7, 11) is 0. The van der Waals surface area contributed by atoms with Crippen LogP contribution in [0.5, 0.6) is 34.5 Å². The molecule has 0 radical (unpaired) electrons. The van der Waals surface area contributed by atoms with Gasteiger partial charge in [-0.05, 0) is 82.0 Å². The van der Waals surface area contributed by atoms with Gasteiger partial charge in [0.25, 0.3) is 0 Å². The van der Waals surface area contributed by atoms with Crippen molar-refractivity contribution in [2.24, 2.45) is 0 Å². The van der Waals surface area contributed by atoms with Gasteiger partial charge in [0.15, 0.2) is 0 Å². The average Bonchev–Trinajstić information content (AvgIpc) is 2.72. The standard InChI is InChI=1S/C26H26O8/c1-11-7-18(28)15(5)20(8-11)33-26(32)22-13(3)14(4)24(16(6)23(22)30)34-25(31)21-12(2)9-17(27)10-19(21)29/h7-10,27-30H,1-6H3. The first-order valence-corrected chi connectivity index (χ1v) is 10.4. The van der Waals surface area contributed by atoms with E-state index < -0.39 is 23.4 Å². The molecule has 0 aliphatic carbocycles. The highest BCUT2D eigenvalue weighted by atomic mass is 16.5. The molecule has 8 heteroatoms. The molecule has 0 unspecified atom stereocenters. The number of carbonyl (C=O) groups excluding carboxylic acids is 2. The van der Waals surface area contributed by atoms with Crippen molar-refractivity contribution < 1.29 is 39.5 Å². The van der Waals surface area contributed by atoms with Gasteiger partial charge in [0.2, 0.25) is 0 Å². The summed E-state index contributed by atoms with van der Waals surface area (Å²) in [5.41, 5.74) is 2.01. The van der Waals surface area contributed by atoms with E-state index in [2.05, 4.69) is 0 Å². The molecule has 0 aliphatic rings. The minimum atomic E-state index is -0.888. The Morgan fingerprint density at radius 1 is 0.647 bits per heavy atom. The predicted octanol–water partition coefficient (Wildman–Crippen LogP) is 4.80. The zero-order chi connectivity index (χ0) is 25.5. The zero-order valence-electron chi connectivity index (χ0n) is 19.7. The normalized spacial score (nSPS) is 10.8. The Morgan fingerprint density at radius 3 is 1.88 bits per heavy atom. The number of aromatic hydroxyl groups is 4. The molecule has 0 bridgehead atoms. The van der Waals surface area contributed by atoms with Crippen LogP contribution in [-0.4, -0.2) is 32.4 Å². The van der Waals surface area contributed by atoms with Gasteiger partial charge in [0.1, 0.15) is 45.6 Å². The fourth-order valence-electron chi connectivity index (χ4n) is 3.74. The van der Waals surface area contributed by atoms with Crippen LogP contribution in [0.2, 0.25) is 0 Å². The Balaban J connectivity index is 2.01. The summed E-state index contributed by atoms with van der Waals surface area (Å²) in [4.78, 5) is 25.8. The molecule has 0 aliphatic heterocycles. The average molecular weight is 466 g/mol. The lowest BCUT2D eigenvalue weighted by atomic mass is 9.97. The number of esters is 2. The molecule has 0 spiro atoms. The monoisotopic (exact) mass is 466 g/mol. The summed E-state index contributed by atoms with van der Waals surface area (Å²) in [6.45, 7) is 9.55. The highest BCUT2D eigenvalue weighted by molar-refractivity contribution is 5.99. The number of phenolic OH excluding ortho intramolecular Hbond substituents is 4. The highest BCUT2D eigenvalue weighted by Gasteiger charge is 2.27. The third-order valence-corrected chi connectivity index (χ3v) is 5.79. The molecule has 3 aromatic rings. The van der Waals surface area contributed by atoms with Crippen LogP contribution in [-0.2, 0) is 0 Å². The molecule has 0 amide bonds. The summed E-state index contributed by atoms with van der Waals surface area (Å²) in [5.74, 6) is -2.62. The Kier molecular flexibility index (Phi) is 6.45. The molecule has 0 saturated heterocycles. The molecular weight excluding hydrogens is 440 g/mol. The number of aryl methyl sites for hydroxylation is 2. The number of hydrogen-bond acceptors (Lipinski definition) is 8. The summed E-state index contributed by atoms with van der Waals surface area (Å²) in [5, 5.41) is 40.5. The molecule has 8 nitrogen and oxygen atoms in total. The van der Waals surface area contributed by atoms with Gasteiger partial charge >= 0.3 is 11.9 Å². The van der Waals surface area contributed by atoms with Crippen LogP contribution in [0.15, 0.2) is 24.3 Å². The molecule has 34 heavy (non-hydrogen) atoms. The van der Waals surface area contributed by atoms with Crippen molar-refractivity contribution >= 4 is 11.9 Å². The lowest BCUT2D eigenvalue weighted by Crippen LogP contribution is -2.16. The molecule has 0 atom stereocenters. The van der Waals surface area contributed by atoms with Crippen LogP contribution in [0.4, 0.5) is 0 Å². The van der Waals surface area contributed by atoms with Gasteiger partial charge in [-0.3, -0.25) is 0 Å². The smallest absolute Gasteiger partial charge is 0.347 e. The van der Waals surface area contributed by atoms with Crippen molar-refractivity contribution in [3.8, 4) is 34.5 Å². The molecule has 0 fully saturated rings. The van der Waals surface area contributed by atoms with E-state index in [0.717, 1.165) is 6.07 Å². The maximum atomic E-state index is 13.0. The first kappa shape index (κ1) is 24.4. The van der Waals surface area contributed by atoms with Gasteiger partial charge in [-0.1, -0.05) is 0 Å². The summed E-state index contributed by atoms with van der Waals surface area (Å²) >= 11 is 0. The van der Waals surface area contributed by atoms with E-state index in [-0.39, 0.29) is 39.7 Å². The first-order chi connectivity index (χ1) is 15.8. The van der Waals surface area contributed by atoms with Gasteiger partial charge in [-0.25, -0.2) is 9.59 Å². The van der Waals surface area contributed by atoms with Gasteiger partial charge < -0.3 is 29.9 Å². The maximum Gasteiger partial charge on any atom is 0.347 e. The van der Waals surface area contributed by atoms with E-state index in [1.807, 2.05) is 0 Å². The molecule has 178 valence electrons. The molecule has 4 N–H and O–H groups in total. The Bertz CT molecular complexity index is 1290. The second-order valence-corrected chi connectivity index (χ2v) is 8.27. The van der Waals surface area contributed by atoms with E-state index in [1.54, 1.807) is 39.8 Å². The maximum absolute atomic E-state index is 13.0. The largest absolute Gasteiger partial charge is 0.508 e. The fraction of sp³-hybridized carbons (Fsp3) is 0.231. The fourth-order valence-corrected chi connectivity index (χ4v) is 3.74. The van der Waals surface area contributed by atoms with Crippen LogP contribution in [0, 0.1) is 41.5 Å². The van der Waals surface area contributed by atoms with E-state index in [9.17, 15) is 30.0 Å². The van der Waals surface area contributed by atoms with Crippen LogP contribution >= 0.6 is 0 Å². The zero-order valence-corrected chi connectivity index (χ0v) is 19.7.